The van der Waals surface area contributed by atoms with Crippen molar-refractivity contribution in [2.75, 3.05) is 4.90 Å². The molecule has 1 aromatic heterocycles. The monoisotopic (exact) mass is 316 g/mol. The van der Waals surface area contributed by atoms with Crippen molar-refractivity contribution >= 4 is 22.5 Å². The Bertz CT molecular complexity index is 923. The van der Waals surface area contributed by atoms with Crippen LogP contribution in [0.5, 0.6) is 0 Å². The van der Waals surface area contributed by atoms with Crippen molar-refractivity contribution in [3.63, 3.8) is 0 Å². The van der Waals surface area contributed by atoms with Crippen LogP contribution in [0.2, 0.25) is 0 Å². The van der Waals surface area contributed by atoms with E-state index in [0.29, 0.717) is 0 Å². The summed E-state index contributed by atoms with van der Waals surface area (Å²) in [7, 11) is 0. The first-order valence-corrected chi connectivity index (χ1v) is 8.24. The summed E-state index contributed by atoms with van der Waals surface area (Å²) in [4.78, 5) is 19.3. The highest BCUT2D eigenvalue weighted by molar-refractivity contribution is 6.10. The van der Waals surface area contributed by atoms with Gasteiger partial charge in [-0.2, -0.15) is 0 Å². The smallest absolute Gasteiger partial charge is 0.235 e. The molecule has 3 aromatic rings. The zero-order chi connectivity index (χ0) is 16.9. The van der Waals surface area contributed by atoms with Crippen LogP contribution in [0.15, 0.2) is 60.8 Å². The number of fused-ring (bicyclic) bond motifs is 1. The lowest BCUT2D eigenvalue weighted by Gasteiger charge is -2.53. The van der Waals surface area contributed by atoms with Gasteiger partial charge >= 0.3 is 0 Å². The van der Waals surface area contributed by atoms with Crippen LogP contribution in [0.4, 0.5) is 5.69 Å². The summed E-state index contributed by atoms with van der Waals surface area (Å²) in [6, 6.07) is 18.4. The van der Waals surface area contributed by atoms with Gasteiger partial charge in [0.1, 0.15) is 0 Å². The number of benzene rings is 2. The molecule has 1 atom stereocenters. The molecule has 4 rings (SSSR count). The Morgan fingerprint density at radius 1 is 1.00 bits per heavy atom. The number of β-lactam (4-membered cyclic amide) rings is 1. The van der Waals surface area contributed by atoms with Crippen molar-refractivity contribution in [3.8, 4) is 0 Å². The zero-order valence-corrected chi connectivity index (χ0v) is 14.2. The number of nitrogens with zero attached hydrogens (tertiary/aromatic N) is 2. The Morgan fingerprint density at radius 3 is 2.46 bits per heavy atom. The minimum Gasteiger partial charge on any atom is -0.301 e. The summed E-state index contributed by atoms with van der Waals surface area (Å²) < 4.78 is 0. The second-order valence-electron chi connectivity index (χ2n) is 7.06. The fraction of sp³-hybridized carbons (Fsp3) is 0.238. The quantitative estimate of drug-likeness (QED) is 0.644. The molecule has 1 aliphatic heterocycles. The van der Waals surface area contributed by atoms with Crippen LogP contribution >= 0.6 is 0 Å². The van der Waals surface area contributed by atoms with E-state index >= 15 is 0 Å². The van der Waals surface area contributed by atoms with Crippen LogP contribution in [0.25, 0.3) is 10.9 Å². The van der Waals surface area contributed by atoms with Crippen molar-refractivity contribution in [3.05, 3.63) is 71.9 Å². The summed E-state index contributed by atoms with van der Waals surface area (Å²) >= 11 is 0. The van der Waals surface area contributed by atoms with E-state index in [4.69, 9.17) is 0 Å². The molecule has 24 heavy (non-hydrogen) atoms. The molecule has 1 unspecified atom stereocenters. The molecule has 1 fully saturated rings. The van der Waals surface area contributed by atoms with Crippen molar-refractivity contribution < 1.29 is 4.79 Å². The second kappa shape index (κ2) is 5.17. The molecule has 1 amide bonds. The number of hydrogen-bond acceptors (Lipinski definition) is 2. The van der Waals surface area contributed by atoms with Gasteiger partial charge in [-0.1, -0.05) is 48.0 Å². The molecular weight excluding hydrogens is 296 g/mol. The van der Waals surface area contributed by atoms with Gasteiger partial charge in [0.15, 0.2) is 0 Å². The maximum Gasteiger partial charge on any atom is 0.235 e. The first-order chi connectivity index (χ1) is 11.5. The van der Waals surface area contributed by atoms with Gasteiger partial charge in [0.2, 0.25) is 5.91 Å². The van der Waals surface area contributed by atoms with E-state index in [1.807, 2.05) is 49.1 Å². The van der Waals surface area contributed by atoms with E-state index in [-0.39, 0.29) is 11.9 Å². The van der Waals surface area contributed by atoms with E-state index < -0.39 is 5.41 Å². The molecule has 120 valence electrons. The Balaban J connectivity index is 1.86. The highest BCUT2D eigenvalue weighted by Gasteiger charge is 2.55. The molecular formula is C21H20N2O. The summed E-state index contributed by atoms with van der Waals surface area (Å²) in [6.07, 6.45) is 1.78. The van der Waals surface area contributed by atoms with Crippen molar-refractivity contribution in [2.24, 2.45) is 5.41 Å². The Morgan fingerprint density at radius 2 is 1.71 bits per heavy atom. The number of para-hydroxylation sites is 1. The molecule has 0 bridgehead atoms. The van der Waals surface area contributed by atoms with Gasteiger partial charge < -0.3 is 4.90 Å². The highest BCUT2D eigenvalue weighted by atomic mass is 16.2. The van der Waals surface area contributed by atoms with E-state index in [9.17, 15) is 4.79 Å². The van der Waals surface area contributed by atoms with Crippen LogP contribution in [0.1, 0.15) is 31.0 Å². The molecule has 0 aliphatic carbocycles. The lowest BCUT2D eigenvalue weighted by molar-refractivity contribution is -0.137. The maximum atomic E-state index is 12.9. The fourth-order valence-electron chi connectivity index (χ4n) is 3.65. The third-order valence-electron chi connectivity index (χ3n) is 4.98. The Labute approximate surface area is 141 Å². The normalized spacial score (nSPS) is 19.4. The standard InChI is InChI=1S/C21H20N2O/c1-14-9-11-16(12-10-14)19-21(2,3)20(24)23(19)17-8-4-6-15-7-5-13-22-18(15)17/h4-13,19H,1-3H3. The fourth-order valence-corrected chi connectivity index (χ4v) is 3.65. The van der Waals surface area contributed by atoms with Crippen LogP contribution in [-0.2, 0) is 4.79 Å². The molecule has 3 heteroatoms. The second-order valence-corrected chi connectivity index (χ2v) is 7.06. The molecule has 0 spiro atoms. The third kappa shape index (κ3) is 2.04. The Hall–Kier alpha value is -2.68. The molecule has 0 saturated carbocycles. The summed E-state index contributed by atoms with van der Waals surface area (Å²) in [6.45, 7) is 6.12. The average molecular weight is 316 g/mol. The van der Waals surface area contributed by atoms with Gasteiger partial charge in [-0.3, -0.25) is 9.78 Å². The summed E-state index contributed by atoms with van der Waals surface area (Å²) in [5.74, 6) is 0.145. The first-order valence-electron chi connectivity index (χ1n) is 8.24. The zero-order valence-electron chi connectivity index (χ0n) is 14.2. The molecule has 2 heterocycles. The SMILES string of the molecule is Cc1ccc(C2N(c3cccc4cccnc34)C(=O)C2(C)C)cc1. The van der Waals surface area contributed by atoms with E-state index in [1.54, 1.807) is 6.20 Å². The summed E-state index contributed by atoms with van der Waals surface area (Å²) in [5, 5.41) is 1.05. The lowest BCUT2D eigenvalue weighted by Crippen LogP contribution is -2.61. The topological polar surface area (TPSA) is 33.2 Å². The highest BCUT2D eigenvalue weighted by Crippen LogP contribution is 2.52. The third-order valence-corrected chi connectivity index (χ3v) is 4.98. The number of carbonyl (C=O) groups is 1. The van der Waals surface area contributed by atoms with Crippen molar-refractivity contribution in [1.29, 1.82) is 0 Å². The molecule has 2 aromatic carbocycles. The van der Waals surface area contributed by atoms with Crippen LogP contribution in [0.3, 0.4) is 0 Å². The predicted molar refractivity (Wildman–Crippen MR) is 96.9 cm³/mol. The number of carbonyl (C=O) groups excluding carboxylic acids is 1. The maximum absolute atomic E-state index is 12.9. The van der Waals surface area contributed by atoms with Crippen LogP contribution in [-0.4, -0.2) is 10.9 Å². The lowest BCUT2D eigenvalue weighted by atomic mass is 9.70. The number of pyridine rings is 1. The van der Waals surface area contributed by atoms with Gasteiger partial charge in [0.05, 0.1) is 22.7 Å². The Kier molecular flexibility index (Phi) is 3.20. The number of aryl methyl sites for hydroxylation is 1. The molecule has 0 radical (unpaired) electrons. The van der Waals surface area contributed by atoms with Crippen molar-refractivity contribution in [2.45, 2.75) is 26.8 Å². The average Bonchev–Trinajstić information content (AvgIpc) is 2.60. The van der Waals surface area contributed by atoms with E-state index in [2.05, 4.69) is 36.2 Å². The largest absolute Gasteiger partial charge is 0.301 e. The van der Waals surface area contributed by atoms with Crippen molar-refractivity contribution in [1.82, 2.24) is 4.98 Å². The number of aromatic nitrogens is 1. The van der Waals surface area contributed by atoms with E-state index in [0.717, 1.165) is 22.2 Å². The number of amides is 1. The number of anilines is 1. The van der Waals surface area contributed by atoms with Crippen LogP contribution < -0.4 is 4.90 Å². The predicted octanol–water partition coefficient (Wildman–Crippen LogP) is 4.66. The molecule has 1 aliphatic rings. The number of rotatable bonds is 2. The van der Waals surface area contributed by atoms with Gasteiger partial charge in [-0.25, -0.2) is 0 Å². The number of hydrogen-bond donors (Lipinski definition) is 0. The van der Waals surface area contributed by atoms with Gasteiger partial charge in [-0.15, -0.1) is 0 Å². The first kappa shape index (κ1) is 14.9. The van der Waals surface area contributed by atoms with E-state index in [1.165, 1.54) is 5.56 Å². The molecule has 1 saturated heterocycles. The summed E-state index contributed by atoms with van der Waals surface area (Å²) in [5.41, 5.74) is 3.74. The van der Waals surface area contributed by atoms with Gasteiger partial charge in [0.25, 0.3) is 0 Å². The van der Waals surface area contributed by atoms with Gasteiger partial charge in [0, 0.05) is 11.6 Å². The minimum absolute atomic E-state index is 0.0261. The van der Waals surface area contributed by atoms with Gasteiger partial charge in [-0.05, 0) is 38.5 Å². The van der Waals surface area contributed by atoms with Crippen LogP contribution in [0, 0.1) is 12.3 Å². The molecule has 3 nitrogen and oxygen atoms in total. The molecule has 0 N–H and O–H groups in total. The minimum atomic E-state index is -0.411.